The number of likely N-dealkylation sites (N-methyl/N-ethyl adjacent to an activating group) is 1. The van der Waals surface area contributed by atoms with Gasteiger partial charge in [-0.25, -0.2) is 0 Å². The fraction of sp³-hybridized carbons (Fsp3) is 0.150. The van der Waals surface area contributed by atoms with Gasteiger partial charge in [-0.3, -0.25) is 14.4 Å². The van der Waals surface area contributed by atoms with Gasteiger partial charge in [0.05, 0.1) is 23.7 Å². The summed E-state index contributed by atoms with van der Waals surface area (Å²) in [6.45, 7) is 0.194. The molecule has 0 bridgehead atoms. The maximum Gasteiger partial charge on any atom is 0.264 e. The Bertz CT molecular complexity index is 1050. The molecule has 2 heterocycles. The number of carbonyl (C=O) groups excluding carboxylic acids is 2. The monoisotopic (exact) mass is 415 g/mol. The van der Waals surface area contributed by atoms with Crippen molar-refractivity contribution < 1.29 is 9.59 Å². The minimum atomic E-state index is -0.352. The number of benzene rings is 1. The van der Waals surface area contributed by atoms with E-state index in [2.05, 4.69) is 5.32 Å². The molecule has 2 amide bonds. The smallest absolute Gasteiger partial charge is 0.264 e. The third-order valence-electron chi connectivity index (χ3n) is 4.03. The second-order valence-corrected chi connectivity index (χ2v) is 7.52. The minimum Gasteiger partial charge on any atom is -0.332 e. The van der Waals surface area contributed by atoms with Crippen LogP contribution in [0, 0.1) is 0 Å². The van der Waals surface area contributed by atoms with Gasteiger partial charge in [-0.2, -0.15) is 0 Å². The molecule has 2 aromatic heterocycles. The zero-order valence-electron chi connectivity index (χ0n) is 15.1. The Labute approximate surface area is 171 Å². The first kappa shape index (κ1) is 19.9. The second-order valence-electron chi connectivity index (χ2n) is 6.16. The lowest BCUT2D eigenvalue weighted by Crippen LogP contribution is -2.34. The van der Waals surface area contributed by atoms with Crippen LogP contribution in [0.2, 0.25) is 5.02 Å². The molecular weight excluding hydrogens is 398 g/mol. The highest BCUT2D eigenvalue weighted by Gasteiger charge is 2.16. The van der Waals surface area contributed by atoms with Gasteiger partial charge in [0.25, 0.3) is 11.5 Å². The Morgan fingerprint density at radius 1 is 1.14 bits per heavy atom. The SMILES string of the molecule is CN(CC(=O)Nc1ccc(=O)n(Cc2ccccc2Cl)c1)C(=O)c1cccs1. The molecule has 0 aliphatic carbocycles. The van der Waals surface area contributed by atoms with Gasteiger partial charge in [-0.1, -0.05) is 35.9 Å². The molecule has 0 saturated heterocycles. The van der Waals surface area contributed by atoms with Crippen molar-refractivity contribution in [2.24, 2.45) is 0 Å². The average Bonchev–Trinajstić information content (AvgIpc) is 3.20. The standard InChI is InChI=1S/C20H18ClN3O3S/c1-23(20(27)17-7-4-10-28-17)13-18(25)22-15-8-9-19(26)24(12-15)11-14-5-2-3-6-16(14)21/h2-10,12H,11,13H2,1H3,(H,22,25). The van der Waals surface area contributed by atoms with E-state index in [0.29, 0.717) is 22.1 Å². The van der Waals surface area contributed by atoms with Crippen LogP contribution in [0.3, 0.4) is 0 Å². The molecule has 1 N–H and O–H groups in total. The van der Waals surface area contributed by atoms with Crippen molar-refractivity contribution in [3.63, 3.8) is 0 Å². The predicted molar refractivity (Wildman–Crippen MR) is 111 cm³/mol. The average molecular weight is 416 g/mol. The molecule has 3 rings (SSSR count). The van der Waals surface area contributed by atoms with Crippen LogP contribution in [0.25, 0.3) is 0 Å². The van der Waals surface area contributed by atoms with E-state index in [-0.39, 0.29) is 23.9 Å². The van der Waals surface area contributed by atoms with Gasteiger partial charge in [0.1, 0.15) is 0 Å². The van der Waals surface area contributed by atoms with Crippen LogP contribution in [-0.4, -0.2) is 34.9 Å². The van der Waals surface area contributed by atoms with E-state index >= 15 is 0 Å². The van der Waals surface area contributed by atoms with Crippen LogP contribution < -0.4 is 10.9 Å². The van der Waals surface area contributed by atoms with E-state index in [0.717, 1.165) is 5.56 Å². The fourth-order valence-corrected chi connectivity index (χ4v) is 3.53. The summed E-state index contributed by atoms with van der Waals surface area (Å²) in [6.07, 6.45) is 1.56. The summed E-state index contributed by atoms with van der Waals surface area (Å²) in [6, 6.07) is 13.7. The summed E-state index contributed by atoms with van der Waals surface area (Å²) >= 11 is 7.48. The number of aromatic nitrogens is 1. The number of carbonyl (C=O) groups is 2. The number of hydrogen-bond donors (Lipinski definition) is 1. The Kier molecular flexibility index (Phi) is 6.28. The lowest BCUT2D eigenvalue weighted by molar-refractivity contribution is -0.116. The van der Waals surface area contributed by atoms with E-state index in [1.165, 1.54) is 32.9 Å². The van der Waals surface area contributed by atoms with Gasteiger partial charge >= 0.3 is 0 Å². The van der Waals surface area contributed by atoms with Crippen LogP contribution in [0.5, 0.6) is 0 Å². The van der Waals surface area contributed by atoms with Crippen LogP contribution in [-0.2, 0) is 11.3 Å². The first-order chi connectivity index (χ1) is 13.4. The summed E-state index contributed by atoms with van der Waals surface area (Å²) in [5.74, 6) is -0.566. The molecule has 8 heteroatoms. The third-order valence-corrected chi connectivity index (χ3v) is 5.25. The third kappa shape index (κ3) is 4.88. The quantitative estimate of drug-likeness (QED) is 0.671. The van der Waals surface area contributed by atoms with E-state index in [1.54, 1.807) is 31.4 Å². The van der Waals surface area contributed by atoms with Gasteiger partial charge in [-0.05, 0) is 29.1 Å². The van der Waals surface area contributed by atoms with Crippen LogP contribution >= 0.6 is 22.9 Å². The number of halogens is 1. The minimum absolute atomic E-state index is 0.0969. The molecule has 0 unspecified atom stereocenters. The van der Waals surface area contributed by atoms with Gasteiger partial charge in [-0.15, -0.1) is 11.3 Å². The first-order valence-electron chi connectivity index (χ1n) is 8.47. The Hall–Kier alpha value is -2.90. The summed E-state index contributed by atoms with van der Waals surface area (Å²) in [7, 11) is 1.57. The lowest BCUT2D eigenvalue weighted by atomic mass is 10.2. The van der Waals surface area contributed by atoms with Gasteiger partial charge in [0.2, 0.25) is 5.91 Å². The topological polar surface area (TPSA) is 71.4 Å². The summed E-state index contributed by atoms with van der Waals surface area (Å²) in [4.78, 5) is 38.6. The number of nitrogens with one attached hydrogen (secondary N) is 1. The molecule has 6 nitrogen and oxygen atoms in total. The maximum atomic E-state index is 12.3. The number of anilines is 1. The summed E-state index contributed by atoms with van der Waals surface area (Å²) < 4.78 is 1.47. The molecule has 0 radical (unpaired) electrons. The lowest BCUT2D eigenvalue weighted by Gasteiger charge is -2.16. The Morgan fingerprint density at radius 3 is 2.64 bits per heavy atom. The molecule has 28 heavy (non-hydrogen) atoms. The van der Waals surface area contributed by atoms with E-state index < -0.39 is 0 Å². The Morgan fingerprint density at radius 2 is 1.93 bits per heavy atom. The number of hydrogen-bond acceptors (Lipinski definition) is 4. The van der Waals surface area contributed by atoms with E-state index in [4.69, 9.17) is 11.6 Å². The van der Waals surface area contributed by atoms with Crippen LogP contribution in [0.15, 0.2) is 64.9 Å². The van der Waals surface area contributed by atoms with E-state index in [9.17, 15) is 14.4 Å². The zero-order valence-corrected chi connectivity index (χ0v) is 16.7. The molecule has 144 valence electrons. The molecule has 1 aromatic carbocycles. The number of nitrogens with zero attached hydrogens (tertiary/aromatic N) is 2. The summed E-state index contributed by atoms with van der Waals surface area (Å²) in [5.41, 5.74) is 1.06. The van der Waals surface area contributed by atoms with Crippen molar-refractivity contribution in [3.8, 4) is 0 Å². The largest absolute Gasteiger partial charge is 0.332 e. The summed E-state index contributed by atoms with van der Waals surface area (Å²) in [5, 5.41) is 5.09. The van der Waals surface area contributed by atoms with Crippen molar-refractivity contribution >= 4 is 40.4 Å². The Balaban J connectivity index is 1.67. The van der Waals surface area contributed by atoms with E-state index in [1.807, 2.05) is 23.6 Å². The van der Waals surface area contributed by atoms with Gasteiger partial charge < -0.3 is 14.8 Å². The van der Waals surface area contributed by atoms with Gasteiger partial charge in [0.15, 0.2) is 0 Å². The molecule has 0 aliphatic heterocycles. The van der Waals surface area contributed by atoms with Crippen LogP contribution in [0.4, 0.5) is 5.69 Å². The van der Waals surface area contributed by atoms with Crippen molar-refractivity contribution in [2.75, 3.05) is 18.9 Å². The van der Waals surface area contributed by atoms with Crippen molar-refractivity contribution in [2.45, 2.75) is 6.54 Å². The van der Waals surface area contributed by atoms with Crippen molar-refractivity contribution in [3.05, 3.63) is 85.9 Å². The molecular formula is C20H18ClN3O3S. The predicted octanol–water partition coefficient (Wildman–Crippen LogP) is 3.32. The zero-order chi connectivity index (χ0) is 20.1. The molecule has 0 aliphatic rings. The second kappa shape index (κ2) is 8.86. The molecule has 0 atom stereocenters. The van der Waals surface area contributed by atoms with Crippen LogP contribution in [0.1, 0.15) is 15.2 Å². The maximum absolute atomic E-state index is 12.3. The molecule has 0 saturated carbocycles. The number of rotatable bonds is 6. The first-order valence-corrected chi connectivity index (χ1v) is 9.72. The number of thiophene rings is 1. The number of amides is 2. The highest BCUT2D eigenvalue weighted by atomic mass is 35.5. The number of pyridine rings is 1. The highest BCUT2D eigenvalue weighted by Crippen LogP contribution is 2.16. The molecule has 3 aromatic rings. The van der Waals surface area contributed by atoms with Crippen molar-refractivity contribution in [1.29, 1.82) is 0 Å². The normalized spacial score (nSPS) is 10.5. The molecule has 0 spiro atoms. The molecule has 0 fully saturated rings. The fourth-order valence-electron chi connectivity index (χ4n) is 2.62. The highest BCUT2D eigenvalue weighted by molar-refractivity contribution is 7.12. The van der Waals surface area contributed by atoms with Crippen molar-refractivity contribution in [1.82, 2.24) is 9.47 Å². The van der Waals surface area contributed by atoms with Gasteiger partial charge in [0, 0.05) is 24.3 Å².